The van der Waals surface area contributed by atoms with E-state index < -0.39 is 0 Å². The molecule has 1 aromatic carbocycles. The van der Waals surface area contributed by atoms with Gasteiger partial charge in [-0.3, -0.25) is 4.79 Å². The molecule has 2 unspecified atom stereocenters. The van der Waals surface area contributed by atoms with Crippen LogP contribution in [0.1, 0.15) is 20.3 Å². The SMILES string of the molecule is CCC(C)C(N)C(=O)N1CCN(c2ccccc2)CC1.Cl. The molecule has 0 aromatic heterocycles. The first-order valence-corrected chi connectivity index (χ1v) is 7.47. The van der Waals surface area contributed by atoms with Crippen LogP contribution in [0, 0.1) is 5.92 Å². The van der Waals surface area contributed by atoms with E-state index in [0.717, 1.165) is 32.6 Å². The van der Waals surface area contributed by atoms with E-state index >= 15 is 0 Å². The van der Waals surface area contributed by atoms with Crippen molar-refractivity contribution in [3.05, 3.63) is 30.3 Å². The number of benzene rings is 1. The van der Waals surface area contributed by atoms with Crippen LogP contribution >= 0.6 is 12.4 Å². The Morgan fingerprint density at radius 2 is 1.76 bits per heavy atom. The number of halogens is 1. The molecule has 21 heavy (non-hydrogen) atoms. The van der Waals surface area contributed by atoms with Crippen LogP contribution in [0.25, 0.3) is 0 Å². The maximum atomic E-state index is 12.3. The summed E-state index contributed by atoms with van der Waals surface area (Å²) in [5.74, 6) is 0.349. The first kappa shape index (κ1) is 17.8. The van der Waals surface area contributed by atoms with Crippen molar-refractivity contribution in [2.45, 2.75) is 26.3 Å². The number of piperazine rings is 1. The molecule has 1 saturated heterocycles. The number of hydrogen-bond donors (Lipinski definition) is 1. The van der Waals surface area contributed by atoms with Gasteiger partial charge in [0, 0.05) is 31.9 Å². The highest BCUT2D eigenvalue weighted by Gasteiger charge is 2.27. The lowest BCUT2D eigenvalue weighted by atomic mass is 9.98. The smallest absolute Gasteiger partial charge is 0.239 e. The second kappa shape index (κ2) is 8.25. The summed E-state index contributed by atoms with van der Waals surface area (Å²) in [4.78, 5) is 16.6. The van der Waals surface area contributed by atoms with Crippen molar-refractivity contribution in [1.29, 1.82) is 0 Å². The molecule has 4 nitrogen and oxygen atoms in total. The van der Waals surface area contributed by atoms with Gasteiger partial charge in [0.25, 0.3) is 0 Å². The van der Waals surface area contributed by atoms with Crippen molar-refractivity contribution in [1.82, 2.24) is 4.90 Å². The van der Waals surface area contributed by atoms with Gasteiger partial charge in [-0.25, -0.2) is 0 Å². The predicted molar refractivity (Wildman–Crippen MR) is 89.9 cm³/mol. The number of rotatable bonds is 4. The standard InChI is InChI=1S/C16H25N3O.ClH/c1-3-13(2)15(17)16(20)19-11-9-18(10-12-19)14-7-5-4-6-8-14;/h4-8,13,15H,3,9-12,17H2,1-2H3;1H. The molecule has 1 aromatic rings. The van der Waals surface area contributed by atoms with Gasteiger partial charge in [0.05, 0.1) is 6.04 Å². The first-order chi connectivity index (χ1) is 9.63. The largest absolute Gasteiger partial charge is 0.368 e. The zero-order chi connectivity index (χ0) is 14.5. The highest BCUT2D eigenvalue weighted by molar-refractivity contribution is 5.85. The second-order valence-electron chi connectivity index (χ2n) is 5.56. The average molecular weight is 312 g/mol. The molecule has 1 amide bonds. The van der Waals surface area contributed by atoms with Gasteiger partial charge in [-0.2, -0.15) is 0 Å². The highest BCUT2D eigenvalue weighted by Crippen LogP contribution is 2.17. The summed E-state index contributed by atoms with van der Waals surface area (Å²) in [6.45, 7) is 7.40. The lowest BCUT2D eigenvalue weighted by Gasteiger charge is -2.37. The Hall–Kier alpha value is -1.26. The molecule has 0 bridgehead atoms. The molecule has 2 atom stereocenters. The van der Waals surface area contributed by atoms with Crippen LogP contribution in [0.4, 0.5) is 5.69 Å². The van der Waals surface area contributed by atoms with E-state index in [4.69, 9.17) is 5.73 Å². The van der Waals surface area contributed by atoms with Gasteiger partial charge >= 0.3 is 0 Å². The van der Waals surface area contributed by atoms with Gasteiger partial charge in [-0.1, -0.05) is 38.5 Å². The summed E-state index contributed by atoms with van der Waals surface area (Å²) >= 11 is 0. The molecule has 2 rings (SSSR count). The zero-order valence-electron chi connectivity index (χ0n) is 12.9. The molecule has 1 heterocycles. The molecule has 0 radical (unpaired) electrons. The van der Waals surface area contributed by atoms with Crippen LogP contribution in [-0.4, -0.2) is 43.0 Å². The van der Waals surface area contributed by atoms with Crippen molar-refractivity contribution in [3.8, 4) is 0 Å². The Kier molecular flexibility index (Phi) is 6.99. The molecule has 118 valence electrons. The molecule has 5 heteroatoms. The second-order valence-corrected chi connectivity index (χ2v) is 5.56. The third-order valence-corrected chi connectivity index (χ3v) is 4.25. The summed E-state index contributed by atoms with van der Waals surface area (Å²) in [6.07, 6.45) is 0.941. The molecule has 1 aliphatic rings. The Labute approximate surface area is 133 Å². The fourth-order valence-electron chi connectivity index (χ4n) is 2.53. The van der Waals surface area contributed by atoms with Gasteiger partial charge in [0.15, 0.2) is 0 Å². The van der Waals surface area contributed by atoms with Crippen LogP contribution in [0.3, 0.4) is 0 Å². The molecule has 0 spiro atoms. The van der Waals surface area contributed by atoms with E-state index in [1.807, 2.05) is 30.0 Å². The van der Waals surface area contributed by atoms with Gasteiger partial charge < -0.3 is 15.5 Å². The van der Waals surface area contributed by atoms with Crippen LogP contribution < -0.4 is 10.6 Å². The summed E-state index contributed by atoms with van der Waals surface area (Å²) in [6, 6.07) is 9.99. The van der Waals surface area contributed by atoms with Crippen molar-refractivity contribution < 1.29 is 4.79 Å². The molecular weight excluding hydrogens is 286 g/mol. The number of anilines is 1. The minimum atomic E-state index is -0.358. The number of carbonyl (C=O) groups is 1. The van der Waals surface area contributed by atoms with Gasteiger partial charge in [0.1, 0.15) is 0 Å². The summed E-state index contributed by atoms with van der Waals surface area (Å²) in [5.41, 5.74) is 7.27. The molecular formula is C16H26ClN3O. The van der Waals surface area contributed by atoms with Crippen molar-refractivity contribution in [2.75, 3.05) is 31.1 Å². The van der Waals surface area contributed by atoms with E-state index in [1.165, 1.54) is 5.69 Å². The molecule has 2 N–H and O–H groups in total. The third kappa shape index (κ3) is 4.35. The summed E-state index contributed by atoms with van der Waals surface area (Å²) in [5, 5.41) is 0. The Bertz CT molecular complexity index is 432. The van der Waals surface area contributed by atoms with Gasteiger partial charge in [0.2, 0.25) is 5.91 Å². The molecule has 1 aliphatic heterocycles. The lowest BCUT2D eigenvalue weighted by Crippen LogP contribution is -2.54. The number of amides is 1. The maximum Gasteiger partial charge on any atom is 0.239 e. The maximum absolute atomic E-state index is 12.3. The van der Waals surface area contributed by atoms with E-state index in [2.05, 4.69) is 24.0 Å². The number of carbonyl (C=O) groups excluding carboxylic acids is 1. The molecule has 1 fully saturated rings. The van der Waals surface area contributed by atoms with Crippen LogP contribution in [-0.2, 0) is 4.79 Å². The minimum absolute atomic E-state index is 0. The Morgan fingerprint density at radius 3 is 2.29 bits per heavy atom. The average Bonchev–Trinajstić information content (AvgIpc) is 2.53. The quantitative estimate of drug-likeness (QED) is 0.926. The van der Waals surface area contributed by atoms with E-state index in [0.29, 0.717) is 0 Å². The van der Waals surface area contributed by atoms with Crippen molar-refractivity contribution >= 4 is 24.0 Å². The van der Waals surface area contributed by atoms with Crippen LogP contribution in [0.15, 0.2) is 30.3 Å². The lowest BCUT2D eigenvalue weighted by molar-refractivity contribution is -0.134. The van der Waals surface area contributed by atoms with Crippen LogP contribution in [0.5, 0.6) is 0 Å². The Balaban J connectivity index is 0.00000220. The number of para-hydroxylation sites is 1. The third-order valence-electron chi connectivity index (χ3n) is 4.25. The molecule has 0 saturated carbocycles. The van der Waals surface area contributed by atoms with Crippen molar-refractivity contribution in [2.24, 2.45) is 11.7 Å². The first-order valence-electron chi connectivity index (χ1n) is 7.47. The minimum Gasteiger partial charge on any atom is -0.368 e. The normalized spacial score (nSPS) is 17.9. The zero-order valence-corrected chi connectivity index (χ0v) is 13.7. The topological polar surface area (TPSA) is 49.6 Å². The summed E-state index contributed by atoms with van der Waals surface area (Å²) < 4.78 is 0. The monoisotopic (exact) mass is 311 g/mol. The number of nitrogens with zero attached hydrogens (tertiary/aromatic N) is 2. The van der Waals surface area contributed by atoms with Crippen LogP contribution in [0.2, 0.25) is 0 Å². The van der Waals surface area contributed by atoms with Crippen molar-refractivity contribution in [3.63, 3.8) is 0 Å². The predicted octanol–water partition coefficient (Wildman–Crippen LogP) is 2.13. The molecule has 0 aliphatic carbocycles. The summed E-state index contributed by atoms with van der Waals surface area (Å²) in [7, 11) is 0. The van der Waals surface area contributed by atoms with Gasteiger partial charge in [-0.05, 0) is 18.1 Å². The number of nitrogens with two attached hydrogens (primary N) is 1. The van der Waals surface area contributed by atoms with E-state index in [9.17, 15) is 4.79 Å². The fraction of sp³-hybridized carbons (Fsp3) is 0.562. The highest BCUT2D eigenvalue weighted by atomic mass is 35.5. The van der Waals surface area contributed by atoms with E-state index in [-0.39, 0.29) is 30.3 Å². The fourth-order valence-corrected chi connectivity index (χ4v) is 2.53. The van der Waals surface area contributed by atoms with Gasteiger partial charge in [-0.15, -0.1) is 12.4 Å². The number of hydrogen-bond acceptors (Lipinski definition) is 3. The van der Waals surface area contributed by atoms with E-state index in [1.54, 1.807) is 0 Å². The Morgan fingerprint density at radius 1 is 1.19 bits per heavy atom.